The first-order chi connectivity index (χ1) is 8.63. The van der Waals surface area contributed by atoms with Gasteiger partial charge in [0.2, 0.25) is 0 Å². The van der Waals surface area contributed by atoms with Gasteiger partial charge in [-0.2, -0.15) is 0 Å². The Morgan fingerprint density at radius 1 is 1.39 bits per heavy atom. The normalized spacial score (nSPS) is 10.7. The van der Waals surface area contributed by atoms with Crippen molar-refractivity contribution in [2.24, 2.45) is 0 Å². The van der Waals surface area contributed by atoms with Crippen molar-refractivity contribution in [3.63, 3.8) is 0 Å². The van der Waals surface area contributed by atoms with Gasteiger partial charge in [-0.25, -0.2) is 0 Å². The second kappa shape index (κ2) is 7.84. The van der Waals surface area contributed by atoms with Gasteiger partial charge in [0.25, 0.3) is 0 Å². The second-order valence-electron chi connectivity index (χ2n) is 4.29. The predicted molar refractivity (Wildman–Crippen MR) is 71.3 cm³/mol. The number of hydrogen-bond acceptors (Lipinski definition) is 4. The van der Waals surface area contributed by atoms with Crippen molar-refractivity contribution in [1.29, 1.82) is 0 Å². The van der Waals surface area contributed by atoms with E-state index in [1.54, 1.807) is 19.2 Å². The van der Waals surface area contributed by atoms with Crippen molar-refractivity contribution in [2.45, 2.75) is 20.0 Å². The molecule has 0 saturated heterocycles. The largest absolute Gasteiger partial charge is 0.491 e. The minimum Gasteiger partial charge on any atom is -0.491 e. The monoisotopic (exact) mass is 251 g/mol. The molecule has 1 rings (SSSR count). The highest BCUT2D eigenvalue weighted by Gasteiger charge is 2.07. The Balaban J connectivity index is 2.51. The van der Waals surface area contributed by atoms with Crippen LogP contribution in [0.1, 0.15) is 24.2 Å². The van der Waals surface area contributed by atoms with Crippen LogP contribution in [0.3, 0.4) is 0 Å². The average Bonchev–Trinajstić information content (AvgIpc) is 2.34. The highest BCUT2D eigenvalue weighted by atomic mass is 16.5. The Labute approximate surface area is 108 Å². The predicted octanol–water partition coefficient (Wildman–Crippen LogP) is 1.89. The summed E-state index contributed by atoms with van der Waals surface area (Å²) >= 11 is 0. The van der Waals surface area contributed by atoms with Gasteiger partial charge in [-0.05, 0) is 26.0 Å². The number of benzene rings is 1. The maximum Gasteiger partial charge on any atom is 0.176 e. The highest BCUT2D eigenvalue weighted by molar-refractivity contribution is 5.97. The first-order valence-corrected chi connectivity index (χ1v) is 6.13. The lowest BCUT2D eigenvalue weighted by Crippen LogP contribution is -2.26. The third-order valence-corrected chi connectivity index (χ3v) is 2.30. The number of carbonyl (C=O) groups excluding carboxylic acids is 1. The van der Waals surface area contributed by atoms with Gasteiger partial charge in [-0.1, -0.05) is 12.1 Å². The Morgan fingerprint density at radius 3 is 2.83 bits per heavy atom. The van der Waals surface area contributed by atoms with E-state index in [4.69, 9.17) is 9.47 Å². The minimum atomic E-state index is 0.0558. The van der Waals surface area contributed by atoms with Gasteiger partial charge < -0.3 is 14.8 Å². The molecule has 0 atom stereocenters. The van der Waals surface area contributed by atoms with Gasteiger partial charge in [0.15, 0.2) is 5.78 Å². The van der Waals surface area contributed by atoms with Gasteiger partial charge in [-0.3, -0.25) is 4.79 Å². The summed E-state index contributed by atoms with van der Waals surface area (Å²) in [6, 6.07) is 7.27. The number of hydrogen-bond donors (Lipinski definition) is 1. The highest BCUT2D eigenvalue weighted by Crippen LogP contribution is 2.15. The van der Waals surface area contributed by atoms with Crippen LogP contribution in [0.5, 0.6) is 5.75 Å². The van der Waals surface area contributed by atoms with Crippen LogP contribution in [-0.4, -0.2) is 38.7 Å². The van der Waals surface area contributed by atoms with Crippen molar-refractivity contribution >= 4 is 5.78 Å². The van der Waals surface area contributed by atoms with E-state index in [0.29, 0.717) is 25.3 Å². The topological polar surface area (TPSA) is 47.6 Å². The maximum atomic E-state index is 11.9. The molecule has 0 radical (unpaired) electrons. The quantitative estimate of drug-likeness (QED) is 0.566. The molecule has 18 heavy (non-hydrogen) atoms. The molecule has 1 aromatic carbocycles. The van der Waals surface area contributed by atoms with Crippen LogP contribution >= 0.6 is 0 Å². The van der Waals surface area contributed by atoms with E-state index < -0.39 is 0 Å². The molecule has 4 heteroatoms. The van der Waals surface area contributed by atoms with Crippen LogP contribution in [0, 0.1) is 0 Å². The van der Waals surface area contributed by atoms with Gasteiger partial charge in [-0.15, -0.1) is 0 Å². The Hall–Kier alpha value is -1.39. The van der Waals surface area contributed by atoms with Crippen molar-refractivity contribution in [1.82, 2.24) is 5.32 Å². The third-order valence-electron chi connectivity index (χ3n) is 2.30. The molecule has 0 aliphatic carbocycles. The van der Waals surface area contributed by atoms with Gasteiger partial charge >= 0.3 is 0 Å². The van der Waals surface area contributed by atoms with E-state index in [9.17, 15) is 4.79 Å². The lowest BCUT2D eigenvalue weighted by Gasteiger charge is -2.10. The summed E-state index contributed by atoms with van der Waals surface area (Å²) in [5.41, 5.74) is 0.665. The fourth-order valence-electron chi connectivity index (χ4n) is 1.49. The van der Waals surface area contributed by atoms with E-state index >= 15 is 0 Å². The summed E-state index contributed by atoms with van der Waals surface area (Å²) in [6.07, 6.45) is 0.107. The molecule has 0 saturated carbocycles. The molecule has 0 fully saturated rings. The van der Waals surface area contributed by atoms with Gasteiger partial charge in [0.1, 0.15) is 5.75 Å². The first-order valence-electron chi connectivity index (χ1n) is 6.13. The summed E-state index contributed by atoms with van der Waals surface area (Å²) in [4.78, 5) is 11.9. The van der Waals surface area contributed by atoms with Crippen molar-refractivity contribution in [3.8, 4) is 5.75 Å². The summed E-state index contributed by atoms with van der Waals surface area (Å²) in [6.45, 7) is 5.50. The zero-order valence-corrected chi connectivity index (χ0v) is 11.2. The zero-order chi connectivity index (χ0) is 13.4. The smallest absolute Gasteiger partial charge is 0.176 e. The molecule has 4 nitrogen and oxygen atoms in total. The molecular formula is C14H21NO3. The number of ether oxygens (including phenoxy) is 2. The second-order valence-corrected chi connectivity index (χ2v) is 4.29. The number of carbonyl (C=O) groups is 1. The molecule has 0 spiro atoms. The zero-order valence-electron chi connectivity index (χ0n) is 11.2. The minimum absolute atomic E-state index is 0.0558. The number of ketones is 1. The van der Waals surface area contributed by atoms with E-state index in [2.05, 4.69) is 5.32 Å². The molecule has 0 aliphatic rings. The van der Waals surface area contributed by atoms with Gasteiger partial charge in [0.05, 0.1) is 19.3 Å². The lowest BCUT2D eigenvalue weighted by molar-refractivity contribution is 0.0987. The Kier molecular flexibility index (Phi) is 6.39. The molecule has 0 unspecified atom stereocenters. The number of rotatable bonds is 8. The molecule has 100 valence electrons. The van der Waals surface area contributed by atoms with Crippen LogP contribution in [0.15, 0.2) is 24.3 Å². The Morgan fingerprint density at radius 2 is 2.17 bits per heavy atom. The van der Waals surface area contributed by atoms with Crippen LogP contribution in [-0.2, 0) is 4.74 Å². The summed E-state index contributed by atoms with van der Waals surface area (Å²) < 4.78 is 10.5. The number of Topliss-reactive ketones (excluding diaryl/α,β-unsaturated/α-hetero) is 1. The van der Waals surface area contributed by atoms with E-state index in [1.165, 1.54) is 0 Å². The fourth-order valence-corrected chi connectivity index (χ4v) is 1.49. The molecule has 0 aliphatic heterocycles. The molecule has 1 N–H and O–H groups in total. The SMILES string of the molecule is COCCNCC(=O)c1cccc(OC(C)C)c1. The average molecular weight is 251 g/mol. The molecule has 1 aromatic rings. The summed E-state index contributed by atoms with van der Waals surface area (Å²) in [5.74, 6) is 0.785. The van der Waals surface area contributed by atoms with Crippen LogP contribution in [0.25, 0.3) is 0 Å². The molecule has 0 amide bonds. The molecule has 0 bridgehead atoms. The van der Waals surface area contributed by atoms with Crippen molar-refractivity contribution < 1.29 is 14.3 Å². The first kappa shape index (κ1) is 14.7. The third kappa shape index (κ3) is 5.29. The number of nitrogens with one attached hydrogen (secondary N) is 1. The number of methoxy groups -OCH3 is 1. The van der Waals surface area contributed by atoms with Crippen LogP contribution in [0.4, 0.5) is 0 Å². The molecule has 0 heterocycles. The fraction of sp³-hybridized carbons (Fsp3) is 0.500. The van der Waals surface area contributed by atoms with Crippen molar-refractivity contribution in [3.05, 3.63) is 29.8 Å². The standard InChI is InChI=1S/C14H21NO3/c1-11(2)18-13-6-4-5-12(9-13)14(16)10-15-7-8-17-3/h4-6,9,11,15H,7-8,10H2,1-3H3. The lowest BCUT2D eigenvalue weighted by atomic mass is 10.1. The summed E-state index contributed by atoms with van der Waals surface area (Å²) in [5, 5.41) is 3.03. The molecular weight excluding hydrogens is 230 g/mol. The van der Waals surface area contributed by atoms with Crippen LogP contribution < -0.4 is 10.1 Å². The van der Waals surface area contributed by atoms with E-state index in [1.807, 2.05) is 26.0 Å². The Bertz CT molecular complexity index is 377. The van der Waals surface area contributed by atoms with E-state index in [0.717, 1.165) is 5.75 Å². The van der Waals surface area contributed by atoms with E-state index in [-0.39, 0.29) is 11.9 Å². The molecule has 0 aromatic heterocycles. The van der Waals surface area contributed by atoms with Crippen LogP contribution in [0.2, 0.25) is 0 Å². The summed E-state index contributed by atoms with van der Waals surface area (Å²) in [7, 11) is 1.64. The van der Waals surface area contributed by atoms with Gasteiger partial charge in [0, 0.05) is 19.2 Å². The maximum absolute atomic E-state index is 11.9. The van der Waals surface area contributed by atoms with Crippen molar-refractivity contribution in [2.75, 3.05) is 26.8 Å².